The molecule has 1 aromatic heterocycles. The molecule has 2 fully saturated rings. The second-order valence-corrected chi connectivity index (χ2v) is 9.81. The van der Waals surface area contributed by atoms with Crippen LogP contribution in [0.25, 0.3) is 0 Å². The van der Waals surface area contributed by atoms with Crippen molar-refractivity contribution in [1.29, 1.82) is 0 Å². The van der Waals surface area contributed by atoms with E-state index in [-0.39, 0.29) is 29.9 Å². The molecule has 1 aromatic rings. The summed E-state index contributed by atoms with van der Waals surface area (Å²) in [6.45, 7) is 5.52. The van der Waals surface area contributed by atoms with E-state index in [4.69, 9.17) is 15.9 Å². The largest absolute Gasteiger partial charge is 0.474 e. The lowest BCUT2D eigenvalue weighted by atomic mass is 9.95. The summed E-state index contributed by atoms with van der Waals surface area (Å²) in [5, 5.41) is 11.5. The highest BCUT2D eigenvalue weighted by molar-refractivity contribution is 5.97. The maximum atomic E-state index is 13.9. The zero-order chi connectivity index (χ0) is 24.8. The highest BCUT2D eigenvalue weighted by Crippen LogP contribution is 2.37. The summed E-state index contributed by atoms with van der Waals surface area (Å²) in [5.41, 5.74) is -0.107. The van der Waals surface area contributed by atoms with Crippen molar-refractivity contribution in [2.75, 3.05) is 19.8 Å². The maximum Gasteiger partial charge on any atom is 0.254 e. The van der Waals surface area contributed by atoms with Crippen LogP contribution in [0.15, 0.2) is 28.6 Å². The Morgan fingerprint density at radius 3 is 2.71 bits per heavy atom. The highest BCUT2D eigenvalue weighted by atomic mass is 16.5. The van der Waals surface area contributed by atoms with Gasteiger partial charge in [0.05, 0.1) is 13.2 Å². The van der Waals surface area contributed by atoms with Gasteiger partial charge >= 0.3 is 0 Å². The van der Waals surface area contributed by atoms with E-state index in [1.165, 1.54) is 0 Å². The monoisotopic (exact) mass is 481 g/mol. The SMILES string of the molecule is C#CCCC1(CCN(C(=O)c2ccnc(OC3CC3)c2)C(CC2COC2)C(=O)NC(C)CC)N=N1. The molecule has 1 aliphatic carbocycles. The van der Waals surface area contributed by atoms with E-state index in [1.807, 2.05) is 13.8 Å². The van der Waals surface area contributed by atoms with Crippen LogP contribution in [0.3, 0.4) is 0 Å². The van der Waals surface area contributed by atoms with E-state index in [2.05, 4.69) is 26.4 Å². The molecular formula is C26H35N5O4. The van der Waals surface area contributed by atoms with Crippen LogP contribution >= 0.6 is 0 Å². The first-order valence-electron chi connectivity index (χ1n) is 12.6. The van der Waals surface area contributed by atoms with Crippen LogP contribution in [0, 0.1) is 18.3 Å². The fourth-order valence-corrected chi connectivity index (χ4v) is 4.05. The van der Waals surface area contributed by atoms with Crippen molar-refractivity contribution in [2.45, 2.75) is 82.6 Å². The number of nitrogens with zero attached hydrogens (tertiary/aromatic N) is 4. The summed E-state index contributed by atoms with van der Waals surface area (Å²) in [6, 6.07) is 2.72. The Labute approximate surface area is 207 Å². The van der Waals surface area contributed by atoms with Crippen LogP contribution in [0.5, 0.6) is 5.88 Å². The number of carbonyl (C=O) groups excluding carboxylic acids is 2. The van der Waals surface area contributed by atoms with Gasteiger partial charge < -0.3 is 19.7 Å². The normalized spacial score (nSPS) is 19.7. The molecule has 1 saturated carbocycles. The minimum Gasteiger partial charge on any atom is -0.474 e. The summed E-state index contributed by atoms with van der Waals surface area (Å²) in [5.74, 6) is 2.92. The molecule has 0 bridgehead atoms. The molecule has 188 valence electrons. The molecule has 2 aliphatic heterocycles. The molecule has 3 aliphatic rings. The van der Waals surface area contributed by atoms with Crippen LogP contribution in [0.1, 0.15) is 69.2 Å². The maximum absolute atomic E-state index is 13.9. The Morgan fingerprint density at radius 1 is 1.34 bits per heavy atom. The fraction of sp³-hybridized carbons (Fsp3) is 0.654. The van der Waals surface area contributed by atoms with Crippen LogP contribution in [0.4, 0.5) is 0 Å². The van der Waals surface area contributed by atoms with Crippen molar-refractivity contribution in [3.63, 3.8) is 0 Å². The number of carbonyl (C=O) groups is 2. The van der Waals surface area contributed by atoms with E-state index < -0.39 is 11.7 Å². The third kappa shape index (κ3) is 6.79. The summed E-state index contributed by atoms with van der Waals surface area (Å²) in [4.78, 5) is 33.2. The lowest BCUT2D eigenvalue weighted by Crippen LogP contribution is -2.54. The molecule has 1 saturated heterocycles. The molecule has 2 unspecified atom stereocenters. The minimum atomic E-state index is -0.630. The van der Waals surface area contributed by atoms with E-state index in [0.29, 0.717) is 56.9 Å². The number of aromatic nitrogens is 1. The lowest BCUT2D eigenvalue weighted by Gasteiger charge is -2.36. The van der Waals surface area contributed by atoms with Crippen molar-refractivity contribution in [1.82, 2.24) is 15.2 Å². The van der Waals surface area contributed by atoms with Gasteiger partial charge in [0.2, 0.25) is 11.8 Å². The molecule has 35 heavy (non-hydrogen) atoms. The van der Waals surface area contributed by atoms with Gasteiger partial charge in [-0.05, 0) is 38.7 Å². The van der Waals surface area contributed by atoms with Crippen LogP contribution in [0.2, 0.25) is 0 Å². The van der Waals surface area contributed by atoms with Gasteiger partial charge in [0.15, 0.2) is 5.66 Å². The zero-order valence-corrected chi connectivity index (χ0v) is 20.6. The Balaban J connectivity index is 1.57. The summed E-state index contributed by atoms with van der Waals surface area (Å²) < 4.78 is 11.2. The lowest BCUT2D eigenvalue weighted by molar-refractivity contribution is -0.129. The Hall–Kier alpha value is -2.99. The Bertz CT molecular complexity index is 976. The van der Waals surface area contributed by atoms with E-state index in [9.17, 15) is 9.59 Å². The minimum absolute atomic E-state index is 0.00876. The molecule has 1 N–H and O–H groups in total. The van der Waals surface area contributed by atoms with Gasteiger partial charge in [0, 0.05) is 55.6 Å². The summed E-state index contributed by atoms with van der Waals surface area (Å²) >= 11 is 0. The smallest absolute Gasteiger partial charge is 0.254 e. The first-order valence-corrected chi connectivity index (χ1v) is 12.6. The van der Waals surface area contributed by atoms with Gasteiger partial charge in [-0.15, -0.1) is 12.3 Å². The molecule has 0 spiro atoms. The van der Waals surface area contributed by atoms with E-state index in [0.717, 1.165) is 19.3 Å². The van der Waals surface area contributed by atoms with Gasteiger partial charge in [0.1, 0.15) is 12.1 Å². The van der Waals surface area contributed by atoms with Gasteiger partial charge in [-0.1, -0.05) is 6.92 Å². The number of hydrogen-bond donors (Lipinski definition) is 1. The predicted octanol–water partition coefficient (Wildman–Crippen LogP) is 3.35. The van der Waals surface area contributed by atoms with Crippen molar-refractivity contribution in [3.8, 4) is 18.2 Å². The average molecular weight is 482 g/mol. The molecule has 2 amide bonds. The first kappa shape index (κ1) is 25.1. The molecule has 3 heterocycles. The summed E-state index contributed by atoms with van der Waals surface area (Å²) in [7, 11) is 0. The topological polar surface area (TPSA) is 105 Å². The second-order valence-electron chi connectivity index (χ2n) is 9.81. The van der Waals surface area contributed by atoms with E-state index in [1.54, 1.807) is 23.2 Å². The highest BCUT2D eigenvalue weighted by Gasteiger charge is 2.42. The van der Waals surface area contributed by atoms with Crippen molar-refractivity contribution in [2.24, 2.45) is 16.1 Å². The van der Waals surface area contributed by atoms with Gasteiger partial charge in [-0.3, -0.25) is 9.59 Å². The van der Waals surface area contributed by atoms with Gasteiger partial charge in [-0.25, -0.2) is 4.98 Å². The van der Waals surface area contributed by atoms with Crippen molar-refractivity contribution in [3.05, 3.63) is 23.9 Å². The summed E-state index contributed by atoms with van der Waals surface area (Å²) in [6.07, 6.45) is 12.3. The van der Waals surface area contributed by atoms with E-state index >= 15 is 0 Å². The van der Waals surface area contributed by atoms with Crippen molar-refractivity contribution < 1.29 is 19.1 Å². The molecule has 9 nitrogen and oxygen atoms in total. The quantitative estimate of drug-likeness (QED) is 0.410. The Kier molecular flexibility index (Phi) is 8.01. The fourth-order valence-electron chi connectivity index (χ4n) is 4.05. The molecule has 4 rings (SSSR count). The zero-order valence-electron chi connectivity index (χ0n) is 20.6. The number of nitrogens with one attached hydrogen (secondary N) is 1. The molecule has 2 atom stereocenters. The van der Waals surface area contributed by atoms with Crippen molar-refractivity contribution >= 4 is 11.8 Å². The van der Waals surface area contributed by atoms with Crippen LogP contribution in [-0.2, 0) is 9.53 Å². The third-order valence-electron chi connectivity index (χ3n) is 6.80. The number of amides is 2. The number of terminal acetylenes is 1. The molecule has 0 radical (unpaired) electrons. The first-order chi connectivity index (χ1) is 16.9. The predicted molar refractivity (Wildman–Crippen MR) is 130 cm³/mol. The van der Waals surface area contributed by atoms with Crippen LogP contribution < -0.4 is 10.1 Å². The van der Waals surface area contributed by atoms with Crippen LogP contribution in [-0.4, -0.2) is 65.3 Å². The third-order valence-corrected chi connectivity index (χ3v) is 6.80. The number of ether oxygens (including phenoxy) is 2. The average Bonchev–Trinajstić information content (AvgIpc) is 3.76. The second kappa shape index (κ2) is 11.2. The van der Waals surface area contributed by atoms with Gasteiger partial charge in [-0.2, -0.15) is 10.2 Å². The van der Waals surface area contributed by atoms with Gasteiger partial charge in [0.25, 0.3) is 5.91 Å². The molecule has 0 aromatic carbocycles. The molecular weight excluding hydrogens is 446 g/mol. The Morgan fingerprint density at radius 2 is 2.11 bits per heavy atom. The number of hydrogen-bond acceptors (Lipinski definition) is 7. The number of pyridine rings is 1. The molecule has 9 heteroatoms. The number of rotatable bonds is 14. The standard InChI is InChI=1S/C26H35N5O4/c1-4-6-10-26(29-30-26)11-13-31(22(14-19-16-34-17-19)24(32)28-18(3)5-2)25(33)20-9-12-27-23(15-20)35-21-7-8-21/h1,9,12,15,18-19,21-22H,5-8,10-11,13-14,16-17H2,2-3H3,(H,28,32).